The highest BCUT2D eigenvalue weighted by molar-refractivity contribution is 5.94. The van der Waals surface area contributed by atoms with Gasteiger partial charge in [-0.05, 0) is 43.2 Å². The topological polar surface area (TPSA) is 115 Å². The van der Waals surface area contributed by atoms with Gasteiger partial charge < -0.3 is 20.3 Å². The average molecular weight is 401 g/mol. The number of methoxy groups -OCH3 is 1. The van der Waals surface area contributed by atoms with Gasteiger partial charge >= 0.3 is 0 Å². The summed E-state index contributed by atoms with van der Waals surface area (Å²) in [5.74, 6) is -0.0541. The minimum Gasteiger partial charge on any atom is -0.497 e. The molecule has 2 aromatic rings. The number of rotatable bonds is 8. The molecule has 0 saturated carbocycles. The number of hydrogen-bond acceptors (Lipinski definition) is 5. The number of nitrogens with zero attached hydrogens (tertiary/aromatic N) is 1. The number of quaternary nitrogens is 1. The fraction of sp³-hybridized carbons (Fsp3) is 0.300. The van der Waals surface area contributed by atoms with Crippen LogP contribution in [0.5, 0.6) is 5.75 Å². The fourth-order valence-corrected chi connectivity index (χ4v) is 2.76. The van der Waals surface area contributed by atoms with Crippen LogP contribution in [0.2, 0.25) is 0 Å². The van der Waals surface area contributed by atoms with Crippen molar-refractivity contribution in [3.63, 3.8) is 0 Å². The monoisotopic (exact) mass is 401 g/mol. The Morgan fingerprint density at radius 2 is 1.69 bits per heavy atom. The maximum absolute atomic E-state index is 12.3. The lowest BCUT2D eigenvalue weighted by Gasteiger charge is -2.14. The number of aryl methyl sites for hydroxylation is 2. The highest BCUT2D eigenvalue weighted by Crippen LogP contribution is 2.27. The van der Waals surface area contributed by atoms with Gasteiger partial charge in [0, 0.05) is 17.8 Å². The number of benzene rings is 2. The summed E-state index contributed by atoms with van der Waals surface area (Å²) in [5, 5.41) is 16.6. The summed E-state index contributed by atoms with van der Waals surface area (Å²) in [4.78, 5) is 35.9. The van der Waals surface area contributed by atoms with E-state index in [1.54, 1.807) is 44.3 Å². The summed E-state index contributed by atoms with van der Waals surface area (Å²) in [6, 6.07) is 9.97. The lowest BCUT2D eigenvalue weighted by molar-refractivity contribution is -0.862. The van der Waals surface area contributed by atoms with E-state index >= 15 is 0 Å². The number of nitrogens with one attached hydrogen (secondary N) is 3. The molecule has 3 N–H and O–H groups in total. The molecule has 0 aliphatic heterocycles. The highest BCUT2D eigenvalue weighted by atomic mass is 16.6. The number of hydrogen-bond donors (Lipinski definition) is 3. The third-order valence-corrected chi connectivity index (χ3v) is 4.36. The molecule has 0 radical (unpaired) electrons. The van der Waals surface area contributed by atoms with Gasteiger partial charge in [-0.25, -0.2) is 0 Å². The van der Waals surface area contributed by atoms with Crippen molar-refractivity contribution in [1.82, 2.24) is 0 Å². The fourth-order valence-electron chi connectivity index (χ4n) is 2.76. The van der Waals surface area contributed by atoms with Gasteiger partial charge in [0.1, 0.15) is 11.4 Å². The molecule has 0 bridgehead atoms. The Balaban J connectivity index is 1.94. The molecule has 9 nitrogen and oxygen atoms in total. The number of likely N-dealkylation sites (N-methyl/N-ethyl adjacent to an activating group) is 1. The molecule has 0 aliphatic carbocycles. The van der Waals surface area contributed by atoms with Gasteiger partial charge in [0.05, 0.1) is 19.1 Å². The molecule has 154 valence electrons. The van der Waals surface area contributed by atoms with E-state index in [1.165, 1.54) is 13.2 Å². The lowest BCUT2D eigenvalue weighted by atomic mass is 10.1. The highest BCUT2D eigenvalue weighted by Gasteiger charge is 2.20. The normalized spacial score (nSPS) is 11.4. The van der Waals surface area contributed by atoms with Crippen LogP contribution in [0, 0.1) is 24.0 Å². The molecule has 29 heavy (non-hydrogen) atoms. The Morgan fingerprint density at radius 1 is 1.07 bits per heavy atom. The summed E-state index contributed by atoms with van der Waals surface area (Å²) >= 11 is 0. The lowest BCUT2D eigenvalue weighted by Crippen LogP contribution is -3.11. The van der Waals surface area contributed by atoms with Crippen LogP contribution in [0.1, 0.15) is 11.1 Å². The van der Waals surface area contributed by atoms with E-state index in [4.69, 9.17) is 4.74 Å². The van der Waals surface area contributed by atoms with E-state index in [2.05, 4.69) is 10.6 Å². The maximum atomic E-state index is 12.3. The smallest absolute Gasteiger partial charge is 0.293 e. The van der Waals surface area contributed by atoms with Crippen molar-refractivity contribution in [2.45, 2.75) is 13.8 Å². The second-order valence-electron chi connectivity index (χ2n) is 6.85. The molecule has 2 aromatic carbocycles. The first-order valence-electron chi connectivity index (χ1n) is 9.00. The Kier molecular flexibility index (Phi) is 7.27. The van der Waals surface area contributed by atoms with Gasteiger partial charge in [-0.1, -0.05) is 6.07 Å². The Hall–Kier alpha value is -3.46. The van der Waals surface area contributed by atoms with Gasteiger partial charge in [0.2, 0.25) is 0 Å². The average Bonchev–Trinajstić information content (AvgIpc) is 2.63. The first-order chi connectivity index (χ1) is 13.7. The van der Waals surface area contributed by atoms with Crippen LogP contribution >= 0.6 is 0 Å². The SMILES string of the molecule is COc1cccc(NC(=O)C[NH+](C)CC(=O)Nc2cc(C)c(C)cc2[N+](=O)[O-])c1. The molecule has 0 heterocycles. The summed E-state index contributed by atoms with van der Waals surface area (Å²) in [6.07, 6.45) is 0. The van der Waals surface area contributed by atoms with E-state index < -0.39 is 10.8 Å². The zero-order valence-electron chi connectivity index (χ0n) is 16.9. The second kappa shape index (κ2) is 9.65. The summed E-state index contributed by atoms with van der Waals surface area (Å²) in [5.41, 5.74) is 2.19. The van der Waals surface area contributed by atoms with Crippen molar-refractivity contribution in [2.24, 2.45) is 0 Å². The predicted molar refractivity (Wildman–Crippen MR) is 109 cm³/mol. The zero-order valence-corrected chi connectivity index (χ0v) is 16.9. The molecule has 0 aromatic heterocycles. The third kappa shape index (κ3) is 6.28. The molecule has 9 heteroatoms. The molecule has 0 spiro atoms. The van der Waals surface area contributed by atoms with E-state index in [0.29, 0.717) is 16.3 Å². The molecule has 0 saturated heterocycles. The maximum Gasteiger partial charge on any atom is 0.293 e. The minimum absolute atomic E-state index is 0.0182. The van der Waals surface area contributed by atoms with Crippen LogP contribution in [0.3, 0.4) is 0 Å². The number of anilines is 2. The van der Waals surface area contributed by atoms with Gasteiger partial charge in [0.15, 0.2) is 13.1 Å². The molecule has 2 amide bonds. The largest absolute Gasteiger partial charge is 0.497 e. The summed E-state index contributed by atoms with van der Waals surface area (Å²) in [6.45, 7) is 3.62. The van der Waals surface area contributed by atoms with Crippen LogP contribution in [-0.2, 0) is 9.59 Å². The summed E-state index contributed by atoms with van der Waals surface area (Å²) < 4.78 is 5.11. The molecule has 1 unspecified atom stereocenters. The number of nitro groups is 1. The number of nitro benzene ring substituents is 1. The standard InChI is InChI=1S/C20H24N4O5/c1-13-8-17(18(24(27)28)9-14(13)2)22-20(26)12-23(3)11-19(25)21-15-6-5-7-16(10-15)29-4/h5-10H,11-12H2,1-4H3,(H,21,25)(H,22,26)/p+1. The zero-order chi connectivity index (χ0) is 21.6. The minimum atomic E-state index is -0.528. The van der Waals surface area contributed by atoms with Crippen LogP contribution < -0.4 is 20.3 Å². The van der Waals surface area contributed by atoms with Gasteiger partial charge in [0.25, 0.3) is 17.5 Å². The molecule has 1 atom stereocenters. The van der Waals surface area contributed by atoms with Crippen LogP contribution in [0.4, 0.5) is 17.1 Å². The van der Waals surface area contributed by atoms with Crippen LogP contribution in [0.25, 0.3) is 0 Å². The predicted octanol–water partition coefficient (Wildman–Crippen LogP) is 1.31. The molecule has 0 fully saturated rings. The number of amides is 2. The number of ether oxygens (including phenoxy) is 1. The third-order valence-electron chi connectivity index (χ3n) is 4.36. The second-order valence-corrected chi connectivity index (χ2v) is 6.85. The van der Waals surface area contributed by atoms with Crippen molar-refractivity contribution < 1.29 is 24.1 Å². The quantitative estimate of drug-likeness (QED) is 0.456. The van der Waals surface area contributed by atoms with Crippen LogP contribution in [0.15, 0.2) is 36.4 Å². The van der Waals surface area contributed by atoms with Gasteiger partial charge in [-0.3, -0.25) is 19.7 Å². The van der Waals surface area contributed by atoms with Crippen molar-refractivity contribution in [3.8, 4) is 5.75 Å². The van der Waals surface area contributed by atoms with E-state index in [0.717, 1.165) is 11.1 Å². The van der Waals surface area contributed by atoms with Crippen molar-refractivity contribution >= 4 is 28.9 Å². The Labute approximate surface area is 168 Å². The van der Waals surface area contributed by atoms with Crippen molar-refractivity contribution in [1.29, 1.82) is 0 Å². The molecular weight excluding hydrogens is 376 g/mol. The first-order valence-corrected chi connectivity index (χ1v) is 9.00. The van der Waals surface area contributed by atoms with Crippen LogP contribution in [-0.4, -0.2) is 44.0 Å². The van der Waals surface area contributed by atoms with E-state index in [-0.39, 0.29) is 30.4 Å². The Morgan fingerprint density at radius 3 is 2.31 bits per heavy atom. The van der Waals surface area contributed by atoms with Gasteiger partial charge in [-0.15, -0.1) is 0 Å². The Bertz CT molecular complexity index is 929. The first kappa shape index (κ1) is 21.8. The van der Waals surface area contributed by atoms with Crippen molar-refractivity contribution in [2.75, 3.05) is 37.9 Å². The van der Waals surface area contributed by atoms with Crippen molar-refractivity contribution in [3.05, 3.63) is 57.6 Å². The molecule has 2 rings (SSSR count). The number of carbonyl (C=O) groups excluding carboxylic acids is 2. The van der Waals surface area contributed by atoms with E-state index in [9.17, 15) is 19.7 Å². The molecule has 0 aliphatic rings. The van der Waals surface area contributed by atoms with Gasteiger partial charge in [-0.2, -0.15) is 0 Å². The summed E-state index contributed by atoms with van der Waals surface area (Å²) in [7, 11) is 3.23. The number of carbonyl (C=O) groups is 2. The molecular formula is C20H25N4O5+. The van der Waals surface area contributed by atoms with E-state index in [1.807, 2.05) is 6.92 Å².